The number of ketones is 1. The molecule has 0 aromatic carbocycles. The van der Waals surface area contributed by atoms with E-state index in [1.54, 1.807) is 11.0 Å². The van der Waals surface area contributed by atoms with E-state index in [9.17, 15) is 14.7 Å². The predicted octanol–water partition coefficient (Wildman–Crippen LogP) is 1.94. The van der Waals surface area contributed by atoms with E-state index < -0.39 is 6.10 Å². The number of amides is 1. The molecule has 4 nitrogen and oxygen atoms in total. The molecule has 19 heavy (non-hydrogen) atoms. The minimum Gasteiger partial charge on any atom is -0.391 e. The van der Waals surface area contributed by atoms with E-state index in [0.717, 1.165) is 6.42 Å². The minimum absolute atomic E-state index is 0.0225. The number of piperidine rings is 1. The molecule has 0 spiro atoms. The number of carbonyl (C=O) groups excluding carboxylic acids is 2. The molecule has 1 aliphatic rings. The van der Waals surface area contributed by atoms with Crippen LogP contribution in [0.5, 0.6) is 0 Å². The van der Waals surface area contributed by atoms with Gasteiger partial charge in [-0.05, 0) is 23.8 Å². The van der Waals surface area contributed by atoms with Crippen LogP contribution in [-0.4, -0.2) is 40.9 Å². The molecular weight excluding hydrogens is 262 g/mol. The van der Waals surface area contributed by atoms with Crippen LogP contribution in [0, 0.1) is 5.92 Å². The first-order valence-electron chi connectivity index (χ1n) is 6.60. The molecular formula is C14H19NO3S. The maximum Gasteiger partial charge on any atom is 0.223 e. The van der Waals surface area contributed by atoms with Gasteiger partial charge >= 0.3 is 0 Å². The van der Waals surface area contributed by atoms with Crippen LogP contribution in [0.3, 0.4) is 0 Å². The van der Waals surface area contributed by atoms with Crippen molar-refractivity contribution < 1.29 is 14.7 Å². The fourth-order valence-corrected chi connectivity index (χ4v) is 2.91. The number of carbonyl (C=O) groups is 2. The zero-order valence-corrected chi connectivity index (χ0v) is 11.9. The molecule has 5 heteroatoms. The zero-order valence-electron chi connectivity index (χ0n) is 11.0. The molecule has 1 aromatic heterocycles. The molecule has 1 N–H and O–H groups in total. The van der Waals surface area contributed by atoms with Gasteiger partial charge < -0.3 is 10.0 Å². The highest BCUT2D eigenvalue weighted by Crippen LogP contribution is 2.18. The smallest absolute Gasteiger partial charge is 0.223 e. The second kappa shape index (κ2) is 6.30. The molecule has 2 unspecified atom stereocenters. The first-order chi connectivity index (χ1) is 9.08. The number of hydrogen-bond acceptors (Lipinski definition) is 4. The third kappa shape index (κ3) is 3.64. The van der Waals surface area contributed by atoms with Crippen molar-refractivity contribution in [3.05, 3.63) is 22.4 Å². The summed E-state index contributed by atoms with van der Waals surface area (Å²) >= 11 is 1.40. The van der Waals surface area contributed by atoms with Gasteiger partial charge in [0.1, 0.15) is 0 Å². The van der Waals surface area contributed by atoms with Crippen molar-refractivity contribution in [2.45, 2.75) is 32.3 Å². The van der Waals surface area contributed by atoms with Crippen molar-refractivity contribution in [3.8, 4) is 0 Å². The van der Waals surface area contributed by atoms with Gasteiger partial charge in [-0.25, -0.2) is 0 Å². The van der Waals surface area contributed by atoms with E-state index >= 15 is 0 Å². The molecule has 1 aromatic rings. The zero-order chi connectivity index (χ0) is 13.8. The maximum absolute atomic E-state index is 12.0. The lowest BCUT2D eigenvalue weighted by Crippen LogP contribution is -2.45. The van der Waals surface area contributed by atoms with Gasteiger partial charge in [-0.1, -0.05) is 13.0 Å². The summed E-state index contributed by atoms with van der Waals surface area (Å²) in [6.45, 7) is 3.07. The van der Waals surface area contributed by atoms with E-state index in [1.807, 2.05) is 18.4 Å². The van der Waals surface area contributed by atoms with Gasteiger partial charge in [-0.2, -0.15) is 0 Å². The summed E-state index contributed by atoms with van der Waals surface area (Å²) in [5, 5.41) is 11.6. The Hall–Kier alpha value is -1.20. The second-order valence-electron chi connectivity index (χ2n) is 5.07. The maximum atomic E-state index is 12.0. The summed E-state index contributed by atoms with van der Waals surface area (Å²) in [6.07, 6.45) is 0.871. The summed E-state index contributed by atoms with van der Waals surface area (Å²) in [5.41, 5.74) is 0. The number of aliphatic hydroxyl groups is 1. The molecule has 1 amide bonds. The normalized spacial score (nSPS) is 23.4. The van der Waals surface area contributed by atoms with Crippen LogP contribution >= 0.6 is 11.3 Å². The van der Waals surface area contributed by atoms with Gasteiger partial charge in [0.05, 0.1) is 11.0 Å². The molecule has 1 fully saturated rings. The summed E-state index contributed by atoms with van der Waals surface area (Å²) in [5.74, 6) is 0.238. The minimum atomic E-state index is -0.439. The number of nitrogens with zero attached hydrogens (tertiary/aromatic N) is 1. The van der Waals surface area contributed by atoms with Crippen LogP contribution in [0.2, 0.25) is 0 Å². The monoisotopic (exact) mass is 281 g/mol. The number of aliphatic hydroxyl groups excluding tert-OH is 1. The Kier molecular flexibility index (Phi) is 4.71. The average Bonchev–Trinajstić information content (AvgIpc) is 2.92. The highest BCUT2D eigenvalue weighted by Gasteiger charge is 2.27. The summed E-state index contributed by atoms with van der Waals surface area (Å²) in [6, 6.07) is 3.62. The van der Waals surface area contributed by atoms with Crippen molar-refractivity contribution in [2.75, 3.05) is 13.1 Å². The van der Waals surface area contributed by atoms with Crippen LogP contribution in [0.25, 0.3) is 0 Å². The largest absolute Gasteiger partial charge is 0.391 e. The molecule has 0 radical (unpaired) electrons. The van der Waals surface area contributed by atoms with Crippen molar-refractivity contribution in [3.63, 3.8) is 0 Å². The molecule has 2 atom stereocenters. The SMILES string of the molecule is CC1CCN(C(=O)CCC(=O)c2cccs2)CC1O. The van der Waals surface area contributed by atoms with Gasteiger partial charge in [0.15, 0.2) is 5.78 Å². The van der Waals surface area contributed by atoms with E-state index in [4.69, 9.17) is 0 Å². The summed E-state index contributed by atoms with van der Waals surface area (Å²) < 4.78 is 0. The Balaban J connectivity index is 1.80. The number of likely N-dealkylation sites (tertiary alicyclic amines) is 1. The number of Topliss-reactive ketones (excluding diaryl/α,β-unsaturated/α-hetero) is 1. The van der Waals surface area contributed by atoms with E-state index in [0.29, 0.717) is 18.0 Å². The second-order valence-corrected chi connectivity index (χ2v) is 6.02. The Bertz CT molecular complexity index is 444. The molecule has 0 aliphatic carbocycles. The quantitative estimate of drug-likeness (QED) is 0.858. The topological polar surface area (TPSA) is 57.6 Å². The molecule has 0 saturated carbocycles. The predicted molar refractivity (Wildman–Crippen MR) is 74.3 cm³/mol. The van der Waals surface area contributed by atoms with E-state index in [1.165, 1.54) is 11.3 Å². The van der Waals surface area contributed by atoms with Crippen LogP contribution < -0.4 is 0 Å². The highest BCUT2D eigenvalue weighted by molar-refractivity contribution is 7.12. The molecule has 104 valence electrons. The van der Waals surface area contributed by atoms with Crippen LogP contribution in [0.1, 0.15) is 35.9 Å². The fraction of sp³-hybridized carbons (Fsp3) is 0.571. The van der Waals surface area contributed by atoms with Gasteiger partial charge in [0.2, 0.25) is 5.91 Å². The number of β-amino-alcohol motifs (C(OH)–C–C–N with tert-alkyl or cyclic N) is 1. The van der Waals surface area contributed by atoms with Crippen molar-refractivity contribution >= 4 is 23.0 Å². The molecule has 2 heterocycles. The van der Waals surface area contributed by atoms with Gasteiger partial charge in [0.25, 0.3) is 0 Å². The lowest BCUT2D eigenvalue weighted by molar-refractivity contribution is -0.135. The molecule has 1 saturated heterocycles. The Morgan fingerprint density at radius 2 is 2.26 bits per heavy atom. The van der Waals surface area contributed by atoms with Crippen molar-refractivity contribution in [2.24, 2.45) is 5.92 Å². The number of hydrogen-bond donors (Lipinski definition) is 1. The molecule has 2 rings (SSSR count). The Labute approximate surface area is 117 Å². The van der Waals surface area contributed by atoms with Crippen LogP contribution in [0.15, 0.2) is 17.5 Å². The van der Waals surface area contributed by atoms with Crippen molar-refractivity contribution in [1.82, 2.24) is 4.90 Å². The van der Waals surface area contributed by atoms with Crippen molar-refractivity contribution in [1.29, 1.82) is 0 Å². The first-order valence-corrected chi connectivity index (χ1v) is 7.48. The first kappa shape index (κ1) is 14.2. The van der Waals surface area contributed by atoms with Crippen LogP contribution in [0.4, 0.5) is 0 Å². The van der Waals surface area contributed by atoms with Gasteiger partial charge in [-0.3, -0.25) is 9.59 Å². The lowest BCUT2D eigenvalue weighted by atomic mass is 9.96. The van der Waals surface area contributed by atoms with Crippen LogP contribution in [-0.2, 0) is 4.79 Å². The van der Waals surface area contributed by atoms with Gasteiger partial charge in [0, 0.05) is 25.9 Å². The highest BCUT2D eigenvalue weighted by atomic mass is 32.1. The standard InChI is InChI=1S/C14H19NO3S/c1-10-6-7-15(9-12(10)17)14(18)5-4-11(16)13-3-2-8-19-13/h2-3,8,10,12,17H,4-7,9H2,1H3. The average molecular weight is 281 g/mol. The number of rotatable bonds is 4. The third-order valence-electron chi connectivity index (χ3n) is 3.63. The Morgan fingerprint density at radius 1 is 1.47 bits per heavy atom. The van der Waals surface area contributed by atoms with Gasteiger partial charge in [-0.15, -0.1) is 11.3 Å². The van der Waals surface area contributed by atoms with E-state index in [-0.39, 0.29) is 30.4 Å². The number of thiophene rings is 1. The summed E-state index contributed by atoms with van der Waals surface area (Å²) in [4.78, 5) is 26.2. The molecule has 1 aliphatic heterocycles. The van der Waals surface area contributed by atoms with E-state index in [2.05, 4.69) is 0 Å². The fourth-order valence-electron chi connectivity index (χ4n) is 2.21. The third-order valence-corrected chi connectivity index (χ3v) is 4.54. The molecule has 0 bridgehead atoms. The summed E-state index contributed by atoms with van der Waals surface area (Å²) in [7, 11) is 0. The lowest BCUT2D eigenvalue weighted by Gasteiger charge is -2.34. The Morgan fingerprint density at radius 3 is 2.89 bits per heavy atom.